The van der Waals surface area contributed by atoms with Gasteiger partial charge in [0.25, 0.3) is 5.91 Å². The zero-order valence-corrected chi connectivity index (χ0v) is 23.1. The van der Waals surface area contributed by atoms with Crippen LogP contribution in [0.2, 0.25) is 10.0 Å². The predicted molar refractivity (Wildman–Crippen MR) is 151 cm³/mol. The molecular formula is C30H25Cl2FN4O4. The van der Waals surface area contributed by atoms with Crippen molar-refractivity contribution in [2.24, 2.45) is 11.8 Å². The van der Waals surface area contributed by atoms with Crippen LogP contribution in [0.5, 0.6) is 0 Å². The van der Waals surface area contributed by atoms with Crippen molar-refractivity contribution in [3.05, 3.63) is 93.2 Å². The molecule has 3 heterocycles. The minimum Gasteiger partial charge on any atom is -0.324 e. The fourth-order valence-corrected chi connectivity index (χ4v) is 7.46. The van der Waals surface area contributed by atoms with E-state index < -0.39 is 35.1 Å². The van der Waals surface area contributed by atoms with Gasteiger partial charge in [-0.15, -0.1) is 0 Å². The van der Waals surface area contributed by atoms with Crippen LogP contribution >= 0.6 is 23.2 Å². The summed E-state index contributed by atoms with van der Waals surface area (Å²) in [6, 6.07) is 15.8. The average Bonchev–Trinajstić information content (AvgIpc) is 3.59. The molecule has 0 unspecified atom stereocenters. The molecule has 3 aromatic rings. The second-order valence-electron chi connectivity index (χ2n) is 11.2. The average molecular weight is 595 g/mol. The number of benzene rings is 3. The van der Waals surface area contributed by atoms with Gasteiger partial charge in [0.2, 0.25) is 11.8 Å². The molecule has 1 spiro atoms. The molecule has 41 heavy (non-hydrogen) atoms. The number of amides is 3. The van der Waals surface area contributed by atoms with Crippen LogP contribution in [0, 0.1) is 17.7 Å². The van der Waals surface area contributed by atoms with Crippen molar-refractivity contribution >= 4 is 52.3 Å². The molecule has 1 saturated carbocycles. The predicted octanol–water partition coefficient (Wildman–Crippen LogP) is 4.94. The van der Waals surface area contributed by atoms with Crippen LogP contribution in [-0.4, -0.2) is 47.0 Å². The first-order valence-corrected chi connectivity index (χ1v) is 14.2. The number of anilines is 2. The maximum absolute atomic E-state index is 15.9. The highest BCUT2D eigenvalue weighted by Crippen LogP contribution is 2.62. The Morgan fingerprint density at radius 1 is 1.10 bits per heavy atom. The number of carbonyl (C=O) groups excluding carboxylic acids is 3. The first-order chi connectivity index (χ1) is 19.7. The molecule has 0 radical (unpaired) electrons. The molecule has 4 aliphatic rings. The fourth-order valence-electron chi connectivity index (χ4n) is 7.11. The third kappa shape index (κ3) is 3.83. The normalized spacial score (nSPS) is 26.8. The van der Waals surface area contributed by atoms with Crippen molar-refractivity contribution in [2.45, 2.75) is 30.3 Å². The number of likely N-dealkylation sites (tertiary alicyclic amines) is 1. The second-order valence-corrected chi connectivity index (χ2v) is 12.0. The number of hydroxylamine groups is 1. The minimum atomic E-state index is -1.34. The van der Waals surface area contributed by atoms with Gasteiger partial charge in [0.1, 0.15) is 11.4 Å². The molecule has 210 valence electrons. The standard InChI is InChI=1S/C30H25Cl2FN4O4/c31-17-8-11-20-22(12-17)34-29(40)30(20)25(19-2-1-3-21(32)26(19)33)24-23(37(30)13-15-4-5-15)14-36(28(24)39)18-9-6-16(7-10-18)27(38)35-41/h1-3,6-12,15,23-25,41H,4-5,13-14H2,(H,34,40)(H,35,38)/t23-,24+,25-,30+/m0/s1. The first-order valence-electron chi connectivity index (χ1n) is 13.4. The topological polar surface area (TPSA) is 102 Å². The number of rotatable bonds is 5. The van der Waals surface area contributed by atoms with Gasteiger partial charge < -0.3 is 10.2 Å². The molecule has 1 aliphatic carbocycles. The maximum Gasteiger partial charge on any atom is 0.274 e. The number of hydrogen-bond donors (Lipinski definition) is 3. The molecule has 4 atom stereocenters. The number of nitrogens with zero attached hydrogens (tertiary/aromatic N) is 2. The maximum atomic E-state index is 15.9. The van der Waals surface area contributed by atoms with E-state index in [-0.39, 0.29) is 34.5 Å². The van der Waals surface area contributed by atoms with Gasteiger partial charge in [0, 0.05) is 52.6 Å². The highest BCUT2D eigenvalue weighted by molar-refractivity contribution is 6.31. The van der Waals surface area contributed by atoms with Gasteiger partial charge in [-0.3, -0.25) is 24.5 Å². The molecule has 3 aromatic carbocycles. The highest BCUT2D eigenvalue weighted by atomic mass is 35.5. The zero-order chi connectivity index (χ0) is 28.6. The molecule has 3 aliphatic heterocycles. The van der Waals surface area contributed by atoms with E-state index in [9.17, 15) is 14.4 Å². The molecule has 3 amide bonds. The Kier molecular flexibility index (Phi) is 6.13. The Balaban J connectivity index is 1.41. The fraction of sp³-hybridized carbons (Fsp3) is 0.300. The van der Waals surface area contributed by atoms with Gasteiger partial charge >= 0.3 is 0 Å². The minimum absolute atomic E-state index is 0.0790. The van der Waals surface area contributed by atoms with Gasteiger partial charge in [-0.25, -0.2) is 9.87 Å². The molecular weight excluding hydrogens is 570 g/mol. The molecule has 8 nitrogen and oxygen atoms in total. The Labute approximate surface area is 245 Å². The molecule has 2 saturated heterocycles. The van der Waals surface area contributed by atoms with E-state index in [2.05, 4.69) is 10.2 Å². The lowest BCUT2D eigenvalue weighted by molar-refractivity contribution is -0.128. The van der Waals surface area contributed by atoms with Crippen molar-refractivity contribution in [1.82, 2.24) is 10.4 Å². The van der Waals surface area contributed by atoms with Crippen LogP contribution in [0.3, 0.4) is 0 Å². The third-order valence-electron chi connectivity index (χ3n) is 9.00. The lowest BCUT2D eigenvalue weighted by Crippen LogP contribution is -2.54. The second kappa shape index (κ2) is 9.52. The summed E-state index contributed by atoms with van der Waals surface area (Å²) in [6.45, 7) is 0.852. The Morgan fingerprint density at radius 3 is 2.56 bits per heavy atom. The van der Waals surface area contributed by atoms with E-state index in [1.165, 1.54) is 18.2 Å². The van der Waals surface area contributed by atoms with Crippen molar-refractivity contribution < 1.29 is 24.0 Å². The van der Waals surface area contributed by atoms with E-state index in [4.69, 9.17) is 28.4 Å². The molecule has 3 fully saturated rings. The van der Waals surface area contributed by atoms with E-state index in [1.54, 1.807) is 52.8 Å². The summed E-state index contributed by atoms with van der Waals surface area (Å²) >= 11 is 12.6. The summed E-state index contributed by atoms with van der Waals surface area (Å²) in [6.07, 6.45) is 2.03. The quantitative estimate of drug-likeness (QED) is 0.287. The van der Waals surface area contributed by atoms with Gasteiger partial charge in [-0.1, -0.05) is 41.4 Å². The van der Waals surface area contributed by atoms with E-state index in [0.29, 0.717) is 34.4 Å². The van der Waals surface area contributed by atoms with Crippen molar-refractivity contribution in [3.63, 3.8) is 0 Å². The number of nitrogens with one attached hydrogen (secondary N) is 2. The molecule has 3 N–H and O–H groups in total. The van der Waals surface area contributed by atoms with E-state index >= 15 is 4.39 Å². The Hall–Kier alpha value is -3.50. The van der Waals surface area contributed by atoms with Crippen LogP contribution in [0.4, 0.5) is 15.8 Å². The highest BCUT2D eigenvalue weighted by Gasteiger charge is 2.71. The lowest BCUT2D eigenvalue weighted by Gasteiger charge is -2.41. The van der Waals surface area contributed by atoms with Crippen LogP contribution in [-0.2, 0) is 15.1 Å². The van der Waals surface area contributed by atoms with Crippen molar-refractivity contribution in [3.8, 4) is 0 Å². The summed E-state index contributed by atoms with van der Waals surface area (Å²) in [5.41, 5.74) is 2.50. The van der Waals surface area contributed by atoms with Crippen LogP contribution < -0.4 is 15.7 Å². The zero-order valence-electron chi connectivity index (χ0n) is 21.6. The van der Waals surface area contributed by atoms with Crippen LogP contribution in [0.15, 0.2) is 60.7 Å². The third-order valence-corrected chi connectivity index (χ3v) is 9.52. The number of fused-ring (bicyclic) bond motifs is 3. The van der Waals surface area contributed by atoms with Gasteiger partial charge in [0.15, 0.2) is 0 Å². The van der Waals surface area contributed by atoms with Crippen molar-refractivity contribution in [1.29, 1.82) is 0 Å². The summed E-state index contributed by atoms with van der Waals surface area (Å²) in [7, 11) is 0. The first kappa shape index (κ1) is 26.4. The smallest absolute Gasteiger partial charge is 0.274 e. The SMILES string of the molecule is O=C(NO)c1ccc(N2C[C@H]3[C@@H](C2=O)[C@H](c2cccc(Cl)c2F)[C@]2(C(=O)Nc4cc(Cl)ccc42)N3CC2CC2)cc1. The summed E-state index contributed by atoms with van der Waals surface area (Å²) < 4.78 is 15.9. The Morgan fingerprint density at radius 2 is 1.85 bits per heavy atom. The largest absolute Gasteiger partial charge is 0.324 e. The summed E-state index contributed by atoms with van der Waals surface area (Å²) in [5, 5.41) is 12.3. The monoisotopic (exact) mass is 594 g/mol. The van der Waals surface area contributed by atoms with E-state index in [1.807, 2.05) is 0 Å². The molecule has 0 bridgehead atoms. The lowest BCUT2D eigenvalue weighted by atomic mass is 9.71. The van der Waals surface area contributed by atoms with Gasteiger partial charge in [-0.2, -0.15) is 0 Å². The number of halogens is 3. The Bertz CT molecular complexity index is 1610. The molecule has 0 aromatic heterocycles. The summed E-state index contributed by atoms with van der Waals surface area (Å²) in [4.78, 5) is 44.2. The van der Waals surface area contributed by atoms with Gasteiger partial charge in [-0.05, 0) is 66.8 Å². The van der Waals surface area contributed by atoms with Crippen molar-refractivity contribution in [2.75, 3.05) is 23.3 Å². The number of hydrogen-bond acceptors (Lipinski definition) is 5. The van der Waals surface area contributed by atoms with Crippen LogP contribution in [0.1, 0.15) is 40.2 Å². The van der Waals surface area contributed by atoms with Gasteiger partial charge in [0.05, 0.1) is 10.9 Å². The number of carbonyl (C=O) groups is 3. The van der Waals surface area contributed by atoms with E-state index in [0.717, 1.165) is 12.8 Å². The molecule has 11 heteroatoms. The molecule has 7 rings (SSSR count). The summed E-state index contributed by atoms with van der Waals surface area (Å²) in [5.74, 6) is -3.13. The van der Waals surface area contributed by atoms with Crippen LogP contribution in [0.25, 0.3) is 0 Å².